The summed E-state index contributed by atoms with van der Waals surface area (Å²) in [7, 11) is 1.50. The summed E-state index contributed by atoms with van der Waals surface area (Å²) in [5, 5.41) is 14.1. The molecule has 4 N–H and O–H groups in total. The molecule has 2 aromatic rings. The summed E-state index contributed by atoms with van der Waals surface area (Å²) in [6, 6.07) is 8.00. The zero-order valence-corrected chi connectivity index (χ0v) is 17.9. The number of carbonyl (C=O) groups is 2. The Hall–Kier alpha value is -2.51. The largest absolute Gasteiger partial charge is 0.391 e. The number of amides is 2. The normalized spacial score (nSPS) is 15.7. The maximum atomic E-state index is 11.6. The Morgan fingerprint density at radius 2 is 2.03 bits per heavy atom. The molecule has 1 aliphatic heterocycles. The molecule has 0 bridgehead atoms. The predicted molar refractivity (Wildman–Crippen MR) is 116 cm³/mol. The van der Waals surface area contributed by atoms with Gasteiger partial charge >= 0.3 is 0 Å². The number of aromatic nitrogens is 1. The maximum Gasteiger partial charge on any atom is 0.223 e. The SMILES string of the molecule is CC(C)(C)CC(=O)N1CCC(O)C1.CN.O=CNCc1ccc2cnccc2c1. The molecule has 2 amide bonds. The fraction of sp³-hybridized carbons (Fsp3) is 0.500. The Kier molecular flexibility index (Phi) is 10.3. The fourth-order valence-electron chi connectivity index (χ4n) is 2.94. The molecule has 29 heavy (non-hydrogen) atoms. The van der Waals surface area contributed by atoms with E-state index in [1.165, 1.54) is 7.05 Å². The van der Waals surface area contributed by atoms with Crippen LogP contribution >= 0.6 is 0 Å². The molecule has 1 fully saturated rings. The average molecular weight is 403 g/mol. The molecule has 0 radical (unpaired) electrons. The molecule has 1 atom stereocenters. The number of hydrogen-bond donors (Lipinski definition) is 3. The quantitative estimate of drug-likeness (QED) is 0.679. The van der Waals surface area contributed by atoms with Crippen molar-refractivity contribution in [1.82, 2.24) is 15.2 Å². The third-order valence-electron chi connectivity index (χ3n) is 4.29. The number of pyridine rings is 1. The van der Waals surface area contributed by atoms with Gasteiger partial charge in [-0.1, -0.05) is 32.9 Å². The third kappa shape index (κ3) is 9.02. The minimum atomic E-state index is -0.302. The highest BCUT2D eigenvalue weighted by Gasteiger charge is 2.27. The summed E-state index contributed by atoms with van der Waals surface area (Å²) < 4.78 is 0. The number of fused-ring (bicyclic) bond motifs is 1. The molecule has 7 nitrogen and oxygen atoms in total. The molecule has 3 rings (SSSR count). The molecule has 1 unspecified atom stereocenters. The van der Waals surface area contributed by atoms with Crippen molar-refractivity contribution in [1.29, 1.82) is 0 Å². The first-order chi connectivity index (χ1) is 13.8. The second-order valence-electron chi connectivity index (χ2n) is 8.08. The van der Waals surface area contributed by atoms with Gasteiger partial charge in [0.15, 0.2) is 0 Å². The third-order valence-corrected chi connectivity index (χ3v) is 4.29. The lowest BCUT2D eigenvalue weighted by atomic mass is 9.92. The van der Waals surface area contributed by atoms with E-state index in [1.807, 2.05) is 30.5 Å². The lowest BCUT2D eigenvalue weighted by Crippen LogP contribution is -2.32. The van der Waals surface area contributed by atoms with Crippen molar-refractivity contribution in [2.24, 2.45) is 11.1 Å². The first-order valence-electron chi connectivity index (χ1n) is 9.82. The molecule has 1 saturated heterocycles. The monoisotopic (exact) mass is 402 g/mol. The number of nitrogens with two attached hydrogens (primary N) is 1. The van der Waals surface area contributed by atoms with Crippen molar-refractivity contribution in [3.63, 3.8) is 0 Å². The number of nitrogens with one attached hydrogen (secondary N) is 1. The van der Waals surface area contributed by atoms with E-state index in [0.29, 0.717) is 25.9 Å². The summed E-state index contributed by atoms with van der Waals surface area (Å²) in [6.07, 6.45) is 5.29. The van der Waals surface area contributed by atoms with Crippen molar-refractivity contribution in [2.45, 2.75) is 46.3 Å². The van der Waals surface area contributed by atoms with Crippen molar-refractivity contribution in [2.75, 3.05) is 20.1 Å². The fourth-order valence-corrected chi connectivity index (χ4v) is 2.94. The van der Waals surface area contributed by atoms with E-state index < -0.39 is 0 Å². The minimum Gasteiger partial charge on any atom is -0.391 e. The Labute approximate surface area is 173 Å². The van der Waals surface area contributed by atoms with Gasteiger partial charge in [-0.25, -0.2) is 0 Å². The van der Waals surface area contributed by atoms with Gasteiger partial charge in [-0.15, -0.1) is 0 Å². The molecule has 0 spiro atoms. The van der Waals surface area contributed by atoms with Crippen LogP contribution in [0.1, 0.15) is 39.2 Å². The number of benzene rings is 1. The van der Waals surface area contributed by atoms with Crippen LogP contribution in [0.4, 0.5) is 0 Å². The van der Waals surface area contributed by atoms with Crippen molar-refractivity contribution in [3.05, 3.63) is 42.2 Å². The average Bonchev–Trinajstić information content (AvgIpc) is 3.14. The molecule has 0 aliphatic carbocycles. The number of carbonyl (C=O) groups excluding carboxylic acids is 2. The topological polar surface area (TPSA) is 109 Å². The van der Waals surface area contributed by atoms with E-state index in [0.717, 1.165) is 29.3 Å². The lowest BCUT2D eigenvalue weighted by Gasteiger charge is -2.22. The summed E-state index contributed by atoms with van der Waals surface area (Å²) >= 11 is 0. The Bertz CT molecular complexity index is 774. The molecule has 0 saturated carbocycles. The number of β-amino-alcohol motifs (C(OH)–C–C–N with tert-alkyl or cyclic N) is 1. The first-order valence-corrected chi connectivity index (χ1v) is 9.82. The standard InChI is InChI=1S/C11H10N2O.C10H19NO2.CH5N/c14-8-13-6-9-1-2-11-7-12-4-3-10(11)5-9;1-10(2,3)6-9(13)11-5-4-8(12)7-11;1-2/h1-5,7-8H,6H2,(H,13,14);8,12H,4-7H2,1-3H3;2H2,1H3. The smallest absolute Gasteiger partial charge is 0.223 e. The minimum absolute atomic E-state index is 0.0463. The number of hydrogen-bond acceptors (Lipinski definition) is 5. The lowest BCUT2D eigenvalue weighted by molar-refractivity contribution is -0.132. The molecule has 1 aliphatic rings. The van der Waals surface area contributed by atoms with Crippen LogP contribution in [0.3, 0.4) is 0 Å². The zero-order chi connectivity index (χ0) is 21.9. The van der Waals surface area contributed by atoms with Crippen LogP contribution in [0.2, 0.25) is 0 Å². The van der Waals surface area contributed by atoms with Gasteiger partial charge in [0.25, 0.3) is 0 Å². The number of rotatable bonds is 4. The van der Waals surface area contributed by atoms with E-state index in [1.54, 1.807) is 11.1 Å². The number of aliphatic hydroxyl groups is 1. The number of nitrogens with zero attached hydrogens (tertiary/aromatic N) is 2. The van der Waals surface area contributed by atoms with Gasteiger partial charge < -0.3 is 21.1 Å². The number of aliphatic hydroxyl groups excluding tert-OH is 1. The number of likely N-dealkylation sites (tertiary alicyclic amines) is 1. The van der Waals surface area contributed by atoms with Crippen LogP contribution in [0.5, 0.6) is 0 Å². The van der Waals surface area contributed by atoms with Gasteiger partial charge in [0.1, 0.15) is 0 Å². The molecule has 1 aromatic heterocycles. The van der Waals surface area contributed by atoms with Crippen LogP contribution in [0, 0.1) is 5.41 Å². The highest BCUT2D eigenvalue weighted by atomic mass is 16.3. The molecular weight excluding hydrogens is 368 g/mol. The van der Waals surface area contributed by atoms with Gasteiger partial charge in [0.2, 0.25) is 12.3 Å². The molecule has 160 valence electrons. The summed E-state index contributed by atoms with van der Waals surface area (Å²) in [4.78, 5) is 27.5. The van der Waals surface area contributed by atoms with Crippen molar-refractivity contribution < 1.29 is 14.7 Å². The van der Waals surface area contributed by atoms with Crippen LogP contribution in [0.15, 0.2) is 36.7 Å². The Morgan fingerprint density at radius 1 is 1.31 bits per heavy atom. The highest BCUT2D eigenvalue weighted by molar-refractivity contribution is 5.82. The summed E-state index contributed by atoms with van der Waals surface area (Å²) in [6.45, 7) is 7.97. The van der Waals surface area contributed by atoms with E-state index in [9.17, 15) is 14.7 Å². The second kappa shape index (κ2) is 12.1. The molecule has 1 aromatic carbocycles. The second-order valence-corrected chi connectivity index (χ2v) is 8.08. The van der Waals surface area contributed by atoms with E-state index >= 15 is 0 Å². The highest BCUT2D eigenvalue weighted by Crippen LogP contribution is 2.21. The van der Waals surface area contributed by atoms with Gasteiger partial charge in [-0.05, 0) is 42.0 Å². The molecular formula is C22H34N4O3. The predicted octanol–water partition coefficient (Wildman–Crippen LogP) is 2.07. The van der Waals surface area contributed by atoms with Crippen LogP contribution in [0.25, 0.3) is 10.8 Å². The first kappa shape index (κ1) is 24.5. The Morgan fingerprint density at radius 3 is 2.62 bits per heavy atom. The molecule has 2 heterocycles. The van der Waals surface area contributed by atoms with E-state index in [2.05, 4.69) is 36.8 Å². The van der Waals surface area contributed by atoms with Gasteiger partial charge in [0, 0.05) is 43.8 Å². The van der Waals surface area contributed by atoms with E-state index in [4.69, 9.17) is 0 Å². The Balaban J connectivity index is 0.000000268. The van der Waals surface area contributed by atoms with Gasteiger partial charge in [-0.2, -0.15) is 0 Å². The summed E-state index contributed by atoms with van der Waals surface area (Å²) in [5.41, 5.74) is 5.64. The van der Waals surface area contributed by atoms with Gasteiger partial charge in [0.05, 0.1) is 6.10 Å². The van der Waals surface area contributed by atoms with Crippen molar-refractivity contribution in [3.8, 4) is 0 Å². The summed E-state index contributed by atoms with van der Waals surface area (Å²) in [5.74, 6) is 0.170. The van der Waals surface area contributed by atoms with Crippen molar-refractivity contribution >= 4 is 23.1 Å². The van der Waals surface area contributed by atoms with Gasteiger partial charge in [-0.3, -0.25) is 14.6 Å². The molecule has 7 heteroatoms. The van der Waals surface area contributed by atoms with Crippen LogP contribution in [-0.2, 0) is 16.1 Å². The van der Waals surface area contributed by atoms with E-state index in [-0.39, 0.29) is 17.4 Å². The zero-order valence-electron chi connectivity index (χ0n) is 17.9. The van der Waals surface area contributed by atoms with Crippen LogP contribution in [-0.4, -0.2) is 53.5 Å². The maximum absolute atomic E-state index is 11.6. The van der Waals surface area contributed by atoms with Crippen LogP contribution < -0.4 is 11.1 Å².